The molecule has 29 heavy (non-hydrogen) atoms. The molecule has 0 unspecified atom stereocenters. The number of hydrogen-bond acceptors (Lipinski definition) is 5. The number of H-pyrrole nitrogens is 1. The number of anilines is 1. The van der Waals surface area contributed by atoms with Crippen molar-refractivity contribution in [2.75, 3.05) is 25.0 Å². The van der Waals surface area contributed by atoms with Gasteiger partial charge in [0.25, 0.3) is 0 Å². The summed E-state index contributed by atoms with van der Waals surface area (Å²) in [5, 5.41) is 4.38. The molecule has 0 amide bonds. The lowest BCUT2D eigenvalue weighted by atomic mass is 10.0. The van der Waals surface area contributed by atoms with E-state index in [1.165, 1.54) is 0 Å². The molecule has 0 bridgehead atoms. The molecule has 0 saturated carbocycles. The fraction of sp³-hybridized carbons (Fsp3) is 0.435. The SMILES string of the molecule is CCN(CC)CCC[C@@H](C)Nc1ncc2cc(-c3cc(=O)[nH]cc3C)ccc2n1. The first-order valence-electron chi connectivity index (χ1n) is 10.5. The van der Waals surface area contributed by atoms with E-state index < -0.39 is 0 Å². The van der Waals surface area contributed by atoms with Crippen LogP contribution in [-0.2, 0) is 0 Å². The van der Waals surface area contributed by atoms with E-state index in [1.54, 1.807) is 12.3 Å². The van der Waals surface area contributed by atoms with Crippen LogP contribution >= 0.6 is 0 Å². The summed E-state index contributed by atoms with van der Waals surface area (Å²) in [4.78, 5) is 26.0. The van der Waals surface area contributed by atoms with Crippen molar-refractivity contribution < 1.29 is 0 Å². The Bertz CT molecular complexity index is 1010. The summed E-state index contributed by atoms with van der Waals surface area (Å²) in [6.45, 7) is 11.9. The molecule has 154 valence electrons. The van der Waals surface area contributed by atoms with Crippen LogP contribution in [0.5, 0.6) is 0 Å². The minimum Gasteiger partial charge on any atom is -0.352 e. The van der Waals surface area contributed by atoms with Crippen molar-refractivity contribution in [2.24, 2.45) is 0 Å². The normalized spacial score (nSPS) is 12.4. The van der Waals surface area contributed by atoms with Crippen molar-refractivity contribution in [1.82, 2.24) is 19.9 Å². The predicted octanol–water partition coefficient (Wildman–Crippen LogP) is 4.22. The van der Waals surface area contributed by atoms with Crippen molar-refractivity contribution >= 4 is 16.9 Å². The van der Waals surface area contributed by atoms with Crippen LogP contribution in [0.4, 0.5) is 5.95 Å². The second kappa shape index (κ2) is 9.65. The molecule has 1 atom stereocenters. The topological polar surface area (TPSA) is 73.9 Å². The fourth-order valence-corrected chi connectivity index (χ4v) is 3.58. The number of benzene rings is 1. The first kappa shape index (κ1) is 21.0. The summed E-state index contributed by atoms with van der Waals surface area (Å²) in [6.07, 6.45) is 5.83. The zero-order chi connectivity index (χ0) is 20.8. The average Bonchev–Trinajstić information content (AvgIpc) is 2.72. The van der Waals surface area contributed by atoms with Gasteiger partial charge in [-0.3, -0.25) is 4.79 Å². The molecular formula is C23H31N5O. The van der Waals surface area contributed by atoms with Gasteiger partial charge in [0.1, 0.15) is 0 Å². The highest BCUT2D eigenvalue weighted by Crippen LogP contribution is 2.25. The van der Waals surface area contributed by atoms with Crippen LogP contribution in [0.2, 0.25) is 0 Å². The molecule has 6 heteroatoms. The molecule has 3 rings (SSSR count). The lowest BCUT2D eigenvalue weighted by Crippen LogP contribution is -2.25. The number of aromatic amines is 1. The lowest BCUT2D eigenvalue weighted by molar-refractivity contribution is 0.295. The molecule has 1 aromatic carbocycles. The summed E-state index contributed by atoms with van der Waals surface area (Å²) in [5.41, 5.74) is 3.75. The van der Waals surface area contributed by atoms with E-state index in [2.05, 4.69) is 45.9 Å². The van der Waals surface area contributed by atoms with Crippen molar-refractivity contribution in [1.29, 1.82) is 0 Å². The first-order valence-corrected chi connectivity index (χ1v) is 10.5. The van der Waals surface area contributed by atoms with Gasteiger partial charge in [-0.05, 0) is 75.1 Å². The Labute approximate surface area is 172 Å². The first-order chi connectivity index (χ1) is 14.0. The Balaban J connectivity index is 1.69. The van der Waals surface area contributed by atoms with Crippen molar-refractivity contribution in [3.63, 3.8) is 0 Å². The Morgan fingerprint density at radius 3 is 2.76 bits per heavy atom. The monoisotopic (exact) mass is 393 g/mol. The van der Waals surface area contributed by atoms with E-state index in [-0.39, 0.29) is 5.56 Å². The van der Waals surface area contributed by atoms with Gasteiger partial charge in [-0.15, -0.1) is 0 Å². The lowest BCUT2D eigenvalue weighted by Gasteiger charge is -2.19. The highest BCUT2D eigenvalue weighted by molar-refractivity contribution is 5.85. The predicted molar refractivity (Wildman–Crippen MR) is 120 cm³/mol. The van der Waals surface area contributed by atoms with Gasteiger partial charge in [0, 0.05) is 29.9 Å². The van der Waals surface area contributed by atoms with Crippen molar-refractivity contribution in [3.8, 4) is 11.1 Å². The molecule has 2 aromatic heterocycles. The van der Waals surface area contributed by atoms with E-state index >= 15 is 0 Å². The van der Waals surface area contributed by atoms with E-state index in [1.807, 2.05) is 31.3 Å². The molecule has 0 aliphatic rings. The average molecular weight is 394 g/mol. The largest absolute Gasteiger partial charge is 0.352 e. The maximum atomic E-state index is 11.7. The molecule has 0 aliphatic heterocycles. The molecule has 3 aromatic rings. The number of nitrogens with one attached hydrogen (secondary N) is 2. The van der Waals surface area contributed by atoms with Crippen LogP contribution in [0, 0.1) is 6.92 Å². The third kappa shape index (κ3) is 5.41. The Hall–Kier alpha value is -2.73. The molecule has 6 nitrogen and oxygen atoms in total. The summed E-state index contributed by atoms with van der Waals surface area (Å²) >= 11 is 0. The maximum absolute atomic E-state index is 11.7. The van der Waals surface area contributed by atoms with Gasteiger partial charge in [-0.25, -0.2) is 9.97 Å². The van der Waals surface area contributed by atoms with Gasteiger partial charge >= 0.3 is 0 Å². The molecule has 0 radical (unpaired) electrons. The molecule has 2 heterocycles. The van der Waals surface area contributed by atoms with E-state index in [9.17, 15) is 4.79 Å². The zero-order valence-electron chi connectivity index (χ0n) is 17.8. The third-order valence-corrected chi connectivity index (χ3v) is 5.40. The Kier molecular flexibility index (Phi) is 6.99. The zero-order valence-corrected chi connectivity index (χ0v) is 17.8. The quantitative estimate of drug-likeness (QED) is 0.569. The molecule has 0 aliphatic carbocycles. The fourth-order valence-electron chi connectivity index (χ4n) is 3.58. The highest BCUT2D eigenvalue weighted by atomic mass is 16.1. The van der Waals surface area contributed by atoms with Crippen LogP contribution in [0.25, 0.3) is 22.0 Å². The van der Waals surface area contributed by atoms with E-state index in [0.29, 0.717) is 12.0 Å². The Morgan fingerprint density at radius 2 is 2.00 bits per heavy atom. The van der Waals surface area contributed by atoms with Gasteiger partial charge in [-0.2, -0.15) is 0 Å². The highest BCUT2D eigenvalue weighted by Gasteiger charge is 2.09. The summed E-state index contributed by atoms with van der Waals surface area (Å²) in [7, 11) is 0. The van der Waals surface area contributed by atoms with E-state index in [4.69, 9.17) is 0 Å². The second-order valence-electron chi connectivity index (χ2n) is 7.58. The van der Waals surface area contributed by atoms with Gasteiger partial charge in [0.05, 0.1) is 5.52 Å². The molecule has 2 N–H and O–H groups in total. The number of nitrogens with zero attached hydrogens (tertiary/aromatic N) is 3. The van der Waals surface area contributed by atoms with Crippen LogP contribution in [0.15, 0.2) is 41.5 Å². The Morgan fingerprint density at radius 1 is 1.21 bits per heavy atom. The summed E-state index contributed by atoms with van der Waals surface area (Å²) in [5.74, 6) is 0.660. The number of fused-ring (bicyclic) bond motifs is 1. The molecule has 0 saturated heterocycles. The van der Waals surface area contributed by atoms with Crippen LogP contribution in [0.1, 0.15) is 39.2 Å². The molecule has 0 spiro atoms. The molecule has 0 fully saturated rings. The van der Waals surface area contributed by atoms with Gasteiger partial charge < -0.3 is 15.2 Å². The van der Waals surface area contributed by atoms with Gasteiger partial charge in [0.2, 0.25) is 11.5 Å². The van der Waals surface area contributed by atoms with E-state index in [0.717, 1.165) is 60.1 Å². The summed E-state index contributed by atoms with van der Waals surface area (Å²) in [6, 6.07) is 7.99. The van der Waals surface area contributed by atoms with Crippen LogP contribution in [-0.4, -0.2) is 45.5 Å². The smallest absolute Gasteiger partial charge is 0.248 e. The number of aromatic nitrogens is 3. The third-order valence-electron chi connectivity index (χ3n) is 5.40. The second-order valence-corrected chi connectivity index (χ2v) is 7.58. The van der Waals surface area contributed by atoms with Crippen LogP contribution in [0.3, 0.4) is 0 Å². The summed E-state index contributed by atoms with van der Waals surface area (Å²) < 4.78 is 0. The molecular weight excluding hydrogens is 362 g/mol. The maximum Gasteiger partial charge on any atom is 0.248 e. The standard InChI is InChI=1S/C23H31N5O/c1-5-28(6-2)11-7-8-17(4)26-23-25-15-19-12-18(9-10-21(19)27-23)20-13-22(29)24-14-16(20)3/h9-10,12-15,17H,5-8,11H2,1-4H3,(H,24,29)(H,25,26,27)/t17-/m1/s1. The minimum atomic E-state index is -0.100. The van der Waals surface area contributed by atoms with Crippen LogP contribution < -0.4 is 10.9 Å². The number of rotatable bonds is 9. The van der Waals surface area contributed by atoms with Gasteiger partial charge in [-0.1, -0.05) is 19.9 Å². The van der Waals surface area contributed by atoms with Gasteiger partial charge in [0.15, 0.2) is 0 Å². The number of pyridine rings is 1. The number of aryl methyl sites for hydroxylation is 1. The number of hydrogen-bond donors (Lipinski definition) is 2. The van der Waals surface area contributed by atoms with Crippen molar-refractivity contribution in [2.45, 2.75) is 46.6 Å². The minimum absolute atomic E-state index is 0.100. The van der Waals surface area contributed by atoms with Crippen molar-refractivity contribution in [3.05, 3.63) is 52.6 Å².